The van der Waals surface area contributed by atoms with E-state index < -0.39 is 0 Å². The summed E-state index contributed by atoms with van der Waals surface area (Å²) in [6.07, 6.45) is 1.87. The molecular formula is C14H11IN2O. The summed E-state index contributed by atoms with van der Waals surface area (Å²) in [5, 5.41) is 14.6. The highest BCUT2D eigenvalue weighted by Crippen LogP contribution is 2.20. The first-order valence-electron chi connectivity index (χ1n) is 5.61. The van der Waals surface area contributed by atoms with Crippen LogP contribution in [0.3, 0.4) is 0 Å². The largest absolute Gasteiger partial charge is 0.392 e. The van der Waals surface area contributed by atoms with E-state index in [2.05, 4.69) is 45.9 Å². The fourth-order valence-electron chi connectivity index (χ4n) is 1.95. The van der Waals surface area contributed by atoms with Crippen LogP contribution in [0.4, 0.5) is 0 Å². The number of aliphatic hydroxyl groups is 1. The molecule has 0 atom stereocenters. The predicted octanol–water partition coefficient (Wildman–Crippen LogP) is 3.12. The minimum Gasteiger partial charge on any atom is -0.392 e. The number of nitrogens with zero attached hydrogens (tertiary/aromatic N) is 2. The van der Waals surface area contributed by atoms with E-state index in [9.17, 15) is 0 Å². The van der Waals surface area contributed by atoms with Gasteiger partial charge in [0, 0.05) is 8.96 Å². The van der Waals surface area contributed by atoms with Crippen LogP contribution in [0.15, 0.2) is 48.7 Å². The van der Waals surface area contributed by atoms with E-state index in [4.69, 9.17) is 5.11 Å². The van der Waals surface area contributed by atoms with Gasteiger partial charge in [-0.15, -0.1) is 0 Å². The van der Waals surface area contributed by atoms with Gasteiger partial charge < -0.3 is 5.11 Å². The van der Waals surface area contributed by atoms with Gasteiger partial charge in [0.05, 0.1) is 24.0 Å². The van der Waals surface area contributed by atoms with Crippen LogP contribution in [0, 0.1) is 3.57 Å². The molecule has 3 aromatic rings. The maximum atomic E-state index is 9.04. The molecule has 0 spiro atoms. The number of hydrogen-bond acceptors (Lipinski definition) is 2. The van der Waals surface area contributed by atoms with Crippen molar-refractivity contribution < 1.29 is 5.11 Å². The molecule has 0 aliphatic heterocycles. The SMILES string of the molecule is OCc1ccc(-n2ncc3cc(I)ccc32)cc1. The average Bonchev–Trinajstić information content (AvgIpc) is 2.81. The van der Waals surface area contributed by atoms with Crippen molar-refractivity contribution >= 4 is 33.5 Å². The molecule has 3 rings (SSSR count). The van der Waals surface area contributed by atoms with Gasteiger partial charge in [-0.1, -0.05) is 12.1 Å². The van der Waals surface area contributed by atoms with Gasteiger partial charge in [-0.3, -0.25) is 0 Å². The van der Waals surface area contributed by atoms with Gasteiger partial charge >= 0.3 is 0 Å². The second kappa shape index (κ2) is 4.70. The zero-order chi connectivity index (χ0) is 12.5. The molecule has 1 N–H and O–H groups in total. The fraction of sp³-hybridized carbons (Fsp3) is 0.0714. The third-order valence-corrected chi connectivity index (χ3v) is 3.56. The first-order valence-corrected chi connectivity index (χ1v) is 6.69. The highest BCUT2D eigenvalue weighted by Gasteiger charge is 2.04. The van der Waals surface area contributed by atoms with E-state index in [-0.39, 0.29) is 6.61 Å². The van der Waals surface area contributed by atoms with E-state index in [1.165, 1.54) is 3.57 Å². The number of aliphatic hydroxyl groups excluding tert-OH is 1. The van der Waals surface area contributed by atoms with Crippen LogP contribution >= 0.6 is 22.6 Å². The van der Waals surface area contributed by atoms with Crippen molar-refractivity contribution in [2.75, 3.05) is 0 Å². The monoisotopic (exact) mass is 350 g/mol. The van der Waals surface area contributed by atoms with Gasteiger partial charge in [0.1, 0.15) is 0 Å². The van der Waals surface area contributed by atoms with Crippen molar-refractivity contribution in [1.82, 2.24) is 9.78 Å². The molecule has 90 valence electrons. The molecule has 0 fully saturated rings. The third-order valence-electron chi connectivity index (χ3n) is 2.89. The molecule has 1 aromatic heterocycles. The highest BCUT2D eigenvalue weighted by atomic mass is 127. The number of aromatic nitrogens is 2. The Morgan fingerprint density at radius 3 is 2.61 bits per heavy atom. The van der Waals surface area contributed by atoms with E-state index in [0.29, 0.717) is 0 Å². The van der Waals surface area contributed by atoms with Crippen molar-refractivity contribution in [3.05, 3.63) is 57.8 Å². The van der Waals surface area contributed by atoms with Crippen molar-refractivity contribution in [3.8, 4) is 5.69 Å². The van der Waals surface area contributed by atoms with Crippen LogP contribution in [0.25, 0.3) is 16.6 Å². The van der Waals surface area contributed by atoms with Crippen LogP contribution < -0.4 is 0 Å². The van der Waals surface area contributed by atoms with E-state index in [1.54, 1.807) is 0 Å². The second-order valence-electron chi connectivity index (χ2n) is 4.08. The molecular weight excluding hydrogens is 339 g/mol. The number of hydrogen-bond donors (Lipinski definition) is 1. The fourth-order valence-corrected chi connectivity index (χ4v) is 2.47. The Bertz CT molecular complexity index is 689. The molecule has 18 heavy (non-hydrogen) atoms. The smallest absolute Gasteiger partial charge is 0.0741 e. The van der Waals surface area contributed by atoms with Gasteiger partial charge in [-0.2, -0.15) is 5.10 Å². The summed E-state index contributed by atoms with van der Waals surface area (Å²) in [5.41, 5.74) is 3.00. The second-order valence-corrected chi connectivity index (χ2v) is 5.33. The average molecular weight is 350 g/mol. The summed E-state index contributed by atoms with van der Waals surface area (Å²) in [4.78, 5) is 0. The molecule has 4 heteroatoms. The van der Waals surface area contributed by atoms with Crippen molar-refractivity contribution in [1.29, 1.82) is 0 Å². The topological polar surface area (TPSA) is 38.0 Å². The van der Waals surface area contributed by atoms with Crippen molar-refractivity contribution in [2.24, 2.45) is 0 Å². The summed E-state index contributed by atoms with van der Waals surface area (Å²) in [6, 6.07) is 14.0. The van der Waals surface area contributed by atoms with Gasteiger partial charge in [-0.05, 0) is 58.5 Å². The maximum absolute atomic E-state index is 9.04. The predicted molar refractivity (Wildman–Crippen MR) is 79.7 cm³/mol. The van der Waals surface area contributed by atoms with Crippen molar-refractivity contribution in [2.45, 2.75) is 6.61 Å². The molecule has 0 saturated heterocycles. The number of halogens is 1. The van der Waals surface area contributed by atoms with Crippen LogP contribution in [0.2, 0.25) is 0 Å². The molecule has 0 aliphatic carbocycles. The molecule has 0 bridgehead atoms. The first-order chi connectivity index (χ1) is 8.78. The zero-order valence-corrected chi connectivity index (χ0v) is 11.7. The summed E-state index contributed by atoms with van der Waals surface area (Å²) >= 11 is 2.30. The Kier molecular flexibility index (Phi) is 3.05. The third kappa shape index (κ3) is 2.02. The zero-order valence-electron chi connectivity index (χ0n) is 9.55. The van der Waals surface area contributed by atoms with Gasteiger partial charge in [0.15, 0.2) is 0 Å². The minimum atomic E-state index is 0.0678. The maximum Gasteiger partial charge on any atom is 0.0741 e. The Labute approximate surface area is 118 Å². The van der Waals surface area contributed by atoms with Gasteiger partial charge in [-0.25, -0.2) is 4.68 Å². The standard InChI is InChI=1S/C14H11IN2O/c15-12-3-6-14-11(7-12)8-16-17(14)13-4-1-10(9-18)2-5-13/h1-8,18H,9H2. The molecule has 0 saturated carbocycles. The molecule has 0 aliphatic rings. The Morgan fingerprint density at radius 1 is 1.11 bits per heavy atom. The Morgan fingerprint density at radius 2 is 1.89 bits per heavy atom. The van der Waals surface area contributed by atoms with Crippen molar-refractivity contribution in [3.63, 3.8) is 0 Å². The normalized spacial score (nSPS) is 11.0. The number of benzene rings is 2. The highest BCUT2D eigenvalue weighted by molar-refractivity contribution is 14.1. The van der Waals surface area contributed by atoms with E-state index in [1.807, 2.05) is 35.1 Å². The van der Waals surface area contributed by atoms with E-state index in [0.717, 1.165) is 22.2 Å². The van der Waals surface area contributed by atoms with Crippen LogP contribution in [0.1, 0.15) is 5.56 Å². The lowest BCUT2D eigenvalue weighted by atomic mass is 10.2. The summed E-state index contributed by atoms with van der Waals surface area (Å²) in [5.74, 6) is 0. The minimum absolute atomic E-state index is 0.0678. The van der Waals surface area contributed by atoms with Crippen LogP contribution in [-0.4, -0.2) is 14.9 Å². The number of fused-ring (bicyclic) bond motifs is 1. The Hall–Kier alpha value is -1.40. The quantitative estimate of drug-likeness (QED) is 0.722. The molecule has 0 amide bonds. The Balaban J connectivity index is 2.13. The molecule has 3 nitrogen and oxygen atoms in total. The molecule has 2 aromatic carbocycles. The first kappa shape index (κ1) is 11.7. The van der Waals surface area contributed by atoms with Crippen LogP contribution in [0.5, 0.6) is 0 Å². The van der Waals surface area contributed by atoms with Gasteiger partial charge in [0.25, 0.3) is 0 Å². The van der Waals surface area contributed by atoms with Gasteiger partial charge in [0.2, 0.25) is 0 Å². The lowest BCUT2D eigenvalue weighted by molar-refractivity contribution is 0.282. The van der Waals surface area contributed by atoms with E-state index >= 15 is 0 Å². The summed E-state index contributed by atoms with van der Waals surface area (Å²) in [7, 11) is 0. The summed E-state index contributed by atoms with van der Waals surface area (Å²) < 4.78 is 3.11. The van der Waals surface area contributed by atoms with Crippen LogP contribution in [-0.2, 0) is 6.61 Å². The molecule has 1 heterocycles. The lowest BCUT2D eigenvalue weighted by Gasteiger charge is -2.04. The lowest BCUT2D eigenvalue weighted by Crippen LogP contribution is -1.96. The molecule has 0 unspecified atom stereocenters. The molecule has 0 radical (unpaired) electrons. The summed E-state index contributed by atoms with van der Waals surface area (Å²) in [6.45, 7) is 0.0678. The number of rotatable bonds is 2.